The largest absolute Gasteiger partial charge is 0.326 e. The molecule has 0 spiro atoms. The quantitative estimate of drug-likeness (QED) is 0.377. The standard InChI is InChI=1S/C21H18F2N4O5S/c22-15-1-7-18(8-2-15)26(21(28)25-17-5-9-19(10-6-17)27(29)30)14-13-24-33(31,32)20-11-3-16(23)4-12-20/h1-12,24H,13-14H2,(H,25,28). The minimum Gasteiger partial charge on any atom is -0.308 e. The molecule has 0 aliphatic carbocycles. The van der Waals surface area contributed by atoms with Crippen LogP contribution < -0.4 is 14.9 Å². The lowest BCUT2D eigenvalue weighted by molar-refractivity contribution is -0.384. The molecule has 0 aliphatic rings. The third-order valence-electron chi connectivity index (χ3n) is 4.46. The van der Waals surface area contributed by atoms with Gasteiger partial charge in [0.25, 0.3) is 5.69 Å². The summed E-state index contributed by atoms with van der Waals surface area (Å²) in [6.45, 7) is -0.338. The van der Waals surface area contributed by atoms with Crippen molar-refractivity contribution < 1.29 is 26.9 Å². The van der Waals surface area contributed by atoms with Gasteiger partial charge in [0.15, 0.2) is 0 Å². The van der Waals surface area contributed by atoms with Gasteiger partial charge in [-0.2, -0.15) is 0 Å². The number of hydrogen-bond donors (Lipinski definition) is 2. The molecular formula is C21H18F2N4O5S. The number of urea groups is 1. The van der Waals surface area contributed by atoms with Crippen molar-refractivity contribution in [2.45, 2.75) is 4.90 Å². The molecule has 0 aliphatic heterocycles. The molecule has 3 aromatic carbocycles. The predicted octanol–water partition coefficient (Wildman–Crippen LogP) is 3.89. The normalized spacial score (nSPS) is 11.1. The summed E-state index contributed by atoms with van der Waals surface area (Å²) in [4.78, 5) is 24.1. The van der Waals surface area contributed by atoms with E-state index < -0.39 is 32.6 Å². The number of nitrogens with one attached hydrogen (secondary N) is 2. The Balaban J connectivity index is 1.74. The fraction of sp³-hybridized carbons (Fsp3) is 0.0952. The van der Waals surface area contributed by atoms with Crippen LogP contribution >= 0.6 is 0 Å². The van der Waals surface area contributed by atoms with Crippen LogP contribution in [0.5, 0.6) is 0 Å². The van der Waals surface area contributed by atoms with Crippen molar-refractivity contribution in [3.8, 4) is 0 Å². The molecule has 2 amide bonds. The number of benzene rings is 3. The number of sulfonamides is 1. The Morgan fingerprint density at radius 3 is 2.00 bits per heavy atom. The molecule has 0 bridgehead atoms. The summed E-state index contributed by atoms with van der Waals surface area (Å²) >= 11 is 0. The van der Waals surface area contributed by atoms with Gasteiger partial charge in [0, 0.05) is 36.6 Å². The zero-order valence-corrected chi connectivity index (χ0v) is 17.8. The summed E-state index contributed by atoms with van der Waals surface area (Å²) in [5.41, 5.74) is 0.403. The first-order valence-corrected chi connectivity index (χ1v) is 11.0. The summed E-state index contributed by atoms with van der Waals surface area (Å²) in [6, 6.07) is 13.7. The lowest BCUT2D eigenvalue weighted by atomic mass is 10.2. The van der Waals surface area contributed by atoms with E-state index in [2.05, 4.69) is 10.0 Å². The van der Waals surface area contributed by atoms with Gasteiger partial charge in [-0.1, -0.05) is 0 Å². The highest BCUT2D eigenvalue weighted by Gasteiger charge is 2.19. The number of halogens is 2. The van der Waals surface area contributed by atoms with Gasteiger partial charge in [-0.25, -0.2) is 26.7 Å². The van der Waals surface area contributed by atoms with Gasteiger partial charge in [-0.15, -0.1) is 0 Å². The number of nitrogens with zero attached hydrogens (tertiary/aromatic N) is 2. The first kappa shape index (κ1) is 23.8. The smallest absolute Gasteiger partial charge is 0.308 e. The molecule has 0 saturated carbocycles. The number of nitro groups is 1. The van der Waals surface area contributed by atoms with Crippen molar-refractivity contribution in [2.24, 2.45) is 0 Å². The molecule has 172 valence electrons. The van der Waals surface area contributed by atoms with Crippen LogP contribution in [0.2, 0.25) is 0 Å². The lowest BCUT2D eigenvalue weighted by Gasteiger charge is -2.23. The number of carbonyl (C=O) groups excluding carboxylic acids is 1. The van der Waals surface area contributed by atoms with Crippen molar-refractivity contribution in [2.75, 3.05) is 23.3 Å². The fourth-order valence-electron chi connectivity index (χ4n) is 2.82. The lowest BCUT2D eigenvalue weighted by Crippen LogP contribution is -2.41. The minimum absolute atomic E-state index is 0.134. The van der Waals surface area contributed by atoms with E-state index in [1.54, 1.807) is 0 Å². The van der Waals surface area contributed by atoms with Crippen LogP contribution in [0.1, 0.15) is 0 Å². The van der Waals surface area contributed by atoms with Crippen LogP contribution in [0.25, 0.3) is 0 Å². The fourth-order valence-corrected chi connectivity index (χ4v) is 3.84. The van der Waals surface area contributed by atoms with Crippen molar-refractivity contribution in [3.63, 3.8) is 0 Å². The highest BCUT2D eigenvalue weighted by Crippen LogP contribution is 2.19. The summed E-state index contributed by atoms with van der Waals surface area (Å²) in [7, 11) is -3.96. The summed E-state index contributed by atoms with van der Waals surface area (Å²) in [6.07, 6.45) is 0. The highest BCUT2D eigenvalue weighted by atomic mass is 32.2. The van der Waals surface area contributed by atoms with E-state index in [0.717, 1.165) is 36.4 Å². The molecule has 0 unspecified atom stereocenters. The van der Waals surface area contributed by atoms with E-state index in [0.29, 0.717) is 0 Å². The zero-order chi connectivity index (χ0) is 24.0. The summed E-state index contributed by atoms with van der Waals surface area (Å²) in [5.74, 6) is -1.11. The van der Waals surface area contributed by atoms with Crippen molar-refractivity contribution in [1.82, 2.24) is 4.72 Å². The van der Waals surface area contributed by atoms with Crippen molar-refractivity contribution >= 4 is 33.1 Å². The zero-order valence-electron chi connectivity index (χ0n) is 16.9. The first-order valence-electron chi connectivity index (χ1n) is 9.49. The van der Waals surface area contributed by atoms with Gasteiger partial charge in [0.1, 0.15) is 11.6 Å². The Morgan fingerprint density at radius 2 is 1.45 bits per heavy atom. The summed E-state index contributed by atoms with van der Waals surface area (Å²) in [5, 5.41) is 13.3. The van der Waals surface area contributed by atoms with Gasteiger partial charge < -0.3 is 5.32 Å². The molecule has 12 heteroatoms. The number of anilines is 2. The van der Waals surface area contributed by atoms with Gasteiger partial charge >= 0.3 is 6.03 Å². The Hall–Kier alpha value is -3.90. The second-order valence-corrected chi connectivity index (χ2v) is 8.48. The van der Waals surface area contributed by atoms with Gasteiger partial charge in [-0.3, -0.25) is 15.0 Å². The maximum atomic E-state index is 13.3. The van der Waals surface area contributed by atoms with E-state index in [9.17, 15) is 32.1 Å². The van der Waals surface area contributed by atoms with Gasteiger partial charge in [0.05, 0.1) is 9.82 Å². The maximum Gasteiger partial charge on any atom is 0.326 e. The average Bonchev–Trinajstić information content (AvgIpc) is 2.78. The third kappa shape index (κ3) is 6.30. The van der Waals surface area contributed by atoms with Crippen LogP contribution in [0.4, 0.5) is 30.6 Å². The molecule has 2 N–H and O–H groups in total. The Labute approximate surface area is 187 Å². The monoisotopic (exact) mass is 476 g/mol. The number of carbonyl (C=O) groups is 1. The van der Waals surface area contributed by atoms with Crippen LogP contribution in [-0.4, -0.2) is 32.5 Å². The molecule has 3 rings (SSSR count). The topological polar surface area (TPSA) is 122 Å². The SMILES string of the molecule is O=C(Nc1ccc([N+](=O)[O-])cc1)N(CCNS(=O)(=O)c1ccc(F)cc1)c1ccc(F)cc1. The highest BCUT2D eigenvalue weighted by molar-refractivity contribution is 7.89. The van der Waals surface area contributed by atoms with E-state index in [1.807, 2.05) is 0 Å². The molecular weight excluding hydrogens is 458 g/mol. The second-order valence-electron chi connectivity index (χ2n) is 6.71. The molecule has 9 nitrogen and oxygen atoms in total. The van der Waals surface area contributed by atoms with Crippen molar-refractivity contribution in [1.29, 1.82) is 0 Å². The van der Waals surface area contributed by atoms with E-state index in [1.165, 1.54) is 41.3 Å². The summed E-state index contributed by atoms with van der Waals surface area (Å²) < 4.78 is 53.5. The molecule has 33 heavy (non-hydrogen) atoms. The number of rotatable bonds is 8. The first-order chi connectivity index (χ1) is 15.7. The van der Waals surface area contributed by atoms with E-state index in [4.69, 9.17) is 0 Å². The van der Waals surface area contributed by atoms with Crippen LogP contribution in [-0.2, 0) is 10.0 Å². The molecule has 0 radical (unpaired) electrons. The Bertz CT molecular complexity index is 1240. The molecule has 0 fully saturated rings. The third-order valence-corrected chi connectivity index (χ3v) is 5.94. The predicted molar refractivity (Wildman–Crippen MR) is 117 cm³/mol. The average molecular weight is 476 g/mol. The Kier molecular flexibility index (Phi) is 7.30. The number of non-ortho nitro benzene ring substituents is 1. The second kappa shape index (κ2) is 10.1. The molecule has 0 aromatic heterocycles. The van der Waals surface area contributed by atoms with Crippen LogP contribution in [0.3, 0.4) is 0 Å². The number of amides is 2. The molecule has 0 atom stereocenters. The van der Waals surface area contributed by atoms with Crippen LogP contribution in [0, 0.1) is 21.7 Å². The van der Waals surface area contributed by atoms with Crippen molar-refractivity contribution in [3.05, 3.63) is 94.5 Å². The maximum absolute atomic E-state index is 13.3. The molecule has 3 aromatic rings. The van der Waals surface area contributed by atoms with E-state index >= 15 is 0 Å². The number of nitro benzene ring substituents is 1. The Morgan fingerprint density at radius 1 is 0.909 bits per heavy atom. The molecule has 0 saturated heterocycles. The van der Waals surface area contributed by atoms with Gasteiger partial charge in [-0.05, 0) is 60.7 Å². The van der Waals surface area contributed by atoms with E-state index in [-0.39, 0.29) is 35.0 Å². The van der Waals surface area contributed by atoms with Crippen LogP contribution in [0.15, 0.2) is 77.7 Å². The molecule has 0 heterocycles. The van der Waals surface area contributed by atoms with Gasteiger partial charge in [0.2, 0.25) is 10.0 Å². The number of hydrogen-bond acceptors (Lipinski definition) is 5. The minimum atomic E-state index is -3.96.